The third kappa shape index (κ3) is 3.68. The van der Waals surface area contributed by atoms with E-state index in [4.69, 9.17) is 4.52 Å². The van der Waals surface area contributed by atoms with Crippen molar-refractivity contribution in [3.8, 4) is 11.3 Å². The Hall–Kier alpha value is -1.57. The van der Waals surface area contributed by atoms with Gasteiger partial charge in [0.2, 0.25) is 0 Å². The summed E-state index contributed by atoms with van der Waals surface area (Å²) in [6.45, 7) is 10.7. The fourth-order valence-electron chi connectivity index (χ4n) is 3.00. The Morgan fingerprint density at radius 2 is 1.92 bits per heavy atom. The van der Waals surface area contributed by atoms with E-state index in [1.807, 2.05) is 43.4 Å². The molecule has 0 unspecified atom stereocenters. The first-order chi connectivity index (χ1) is 11.3. The van der Waals surface area contributed by atoms with E-state index >= 15 is 0 Å². The first-order valence-electron chi connectivity index (χ1n) is 8.34. The molecule has 5 nitrogen and oxygen atoms in total. The highest BCUT2D eigenvalue weighted by molar-refractivity contribution is 14.0. The highest BCUT2D eigenvalue weighted by Gasteiger charge is 2.53. The van der Waals surface area contributed by atoms with E-state index in [0.29, 0.717) is 6.54 Å². The number of benzene rings is 1. The van der Waals surface area contributed by atoms with Crippen molar-refractivity contribution in [1.82, 2.24) is 15.4 Å². The molecule has 1 fully saturated rings. The molecule has 1 N–H and O–H groups in total. The molecule has 2 aromatic rings. The van der Waals surface area contributed by atoms with Crippen LogP contribution in [-0.2, 0) is 6.54 Å². The molecule has 0 saturated carbocycles. The van der Waals surface area contributed by atoms with Crippen LogP contribution in [0.25, 0.3) is 11.3 Å². The summed E-state index contributed by atoms with van der Waals surface area (Å²) in [6, 6.07) is 12.0. The summed E-state index contributed by atoms with van der Waals surface area (Å²) in [5.41, 5.74) is 2.26. The first-order valence-corrected chi connectivity index (χ1v) is 8.34. The second-order valence-electron chi connectivity index (χ2n) is 7.48. The number of hydrogen-bond donors (Lipinski definition) is 1. The van der Waals surface area contributed by atoms with E-state index in [0.717, 1.165) is 29.5 Å². The maximum Gasteiger partial charge on any atom is 0.194 e. The van der Waals surface area contributed by atoms with Gasteiger partial charge in [0, 0.05) is 36.2 Å². The smallest absolute Gasteiger partial charge is 0.194 e. The molecule has 6 heteroatoms. The van der Waals surface area contributed by atoms with E-state index in [1.165, 1.54) is 0 Å². The zero-order valence-corrected chi connectivity index (χ0v) is 17.9. The van der Waals surface area contributed by atoms with Crippen molar-refractivity contribution in [1.29, 1.82) is 0 Å². The van der Waals surface area contributed by atoms with Gasteiger partial charge >= 0.3 is 0 Å². The van der Waals surface area contributed by atoms with Gasteiger partial charge in [-0.15, -0.1) is 24.0 Å². The molecule has 1 aliphatic heterocycles. The summed E-state index contributed by atoms with van der Waals surface area (Å²) in [4.78, 5) is 6.74. The first kappa shape index (κ1) is 19.8. The van der Waals surface area contributed by atoms with Crippen molar-refractivity contribution in [2.24, 2.45) is 10.4 Å². The van der Waals surface area contributed by atoms with Gasteiger partial charge < -0.3 is 14.7 Å². The van der Waals surface area contributed by atoms with Crippen LogP contribution in [0.15, 0.2) is 45.9 Å². The van der Waals surface area contributed by atoms with E-state index in [9.17, 15) is 0 Å². The summed E-state index contributed by atoms with van der Waals surface area (Å²) in [5.74, 6) is 1.69. The highest BCUT2D eigenvalue weighted by atomic mass is 127. The second kappa shape index (κ2) is 7.35. The minimum atomic E-state index is 0. The molecule has 0 bridgehead atoms. The molecule has 0 atom stereocenters. The zero-order chi connectivity index (χ0) is 17.4. The lowest BCUT2D eigenvalue weighted by atomic mass is 9.65. The molecule has 2 heterocycles. The van der Waals surface area contributed by atoms with Gasteiger partial charge in [-0.2, -0.15) is 0 Å². The molecule has 0 amide bonds. The van der Waals surface area contributed by atoms with Gasteiger partial charge in [0.05, 0.1) is 6.54 Å². The minimum Gasteiger partial charge on any atom is -0.356 e. The molecular weight excluding hydrogens is 427 g/mol. The molecule has 1 aromatic heterocycles. The van der Waals surface area contributed by atoms with Gasteiger partial charge in [-0.25, -0.2) is 0 Å². The van der Waals surface area contributed by atoms with Gasteiger partial charge in [-0.3, -0.25) is 4.99 Å². The fourth-order valence-corrected chi connectivity index (χ4v) is 3.00. The number of aliphatic imine (C=N–C) groups is 1. The molecule has 0 aliphatic carbocycles. The summed E-state index contributed by atoms with van der Waals surface area (Å²) in [7, 11) is 1.82. The number of nitrogens with zero attached hydrogens (tertiary/aromatic N) is 3. The number of halogens is 1. The molecule has 136 valence electrons. The fraction of sp³-hybridized carbons (Fsp3) is 0.474. The van der Waals surface area contributed by atoms with Gasteiger partial charge in [-0.05, 0) is 13.8 Å². The van der Waals surface area contributed by atoms with Crippen LogP contribution in [0.2, 0.25) is 0 Å². The van der Waals surface area contributed by atoms with Crippen LogP contribution in [0.1, 0.15) is 33.4 Å². The molecule has 0 spiro atoms. The van der Waals surface area contributed by atoms with Crippen LogP contribution in [-0.4, -0.2) is 35.1 Å². The van der Waals surface area contributed by atoms with Crippen molar-refractivity contribution in [3.05, 3.63) is 42.1 Å². The lowest BCUT2D eigenvalue weighted by molar-refractivity contribution is -0.0668. The molecule has 3 rings (SSSR count). The second-order valence-corrected chi connectivity index (χ2v) is 7.48. The Labute approximate surface area is 166 Å². The van der Waals surface area contributed by atoms with Gasteiger partial charge in [0.25, 0.3) is 0 Å². The number of likely N-dealkylation sites (tertiary alicyclic amines) is 1. The van der Waals surface area contributed by atoms with E-state index in [-0.39, 0.29) is 34.9 Å². The SMILES string of the molecule is CN=C(NCc1cc(-c2ccccc2)on1)N1CC(C)(C)C1(C)C.I. The van der Waals surface area contributed by atoms with Crippen LogP contribution in [0.4, 0.5) is 0 Å². The summed E-state index contributed by atoms with van der Waals surface area (Å²) >= 11 is 0. The van der Waals surface area contributed by atoms with Crippen molar-refractivity contribution in [3.63, 3.8) is 0 Å². The quantitative estimate of drug-likeness (QED) is 0.430. The molecule has 0 radical (unpaired) electrons. The number of guanidine groups is 1. The van der Waals surface area contributed by atoms with Crippen LogP contribution < -0.4 is 5.32 Å². The number of nitrogens with one attached hydrogen (secondary N) is 1. The molecule has 1 saturated heterocycles. The molecule has 25 heavy (non-hydrogen) atoms. The number of aromatic nitrogens is 1. The Bertz CT molecular complexity index is 737. The van der Waals surface area contributed by atoms with E-state index in [1.54, 1.807) is 0 Å². The number of rotatable bonds is 3. The Morgan fingerprint density at radius 3 is 2.48 bits per heavy atom. The third-order valence-electron chi connectivity index (χ3n) is 5.40. The maximum atomic E-state index is 5.45. The average molecular weight is 454 g/mol. The summed E-state index contributed by atoms with van der Waals surface area (Å²) in [6.07, 6.45) is 0. The third-order valence-corrected chi connectivity index (χ3v) is 5.40. The standard InChI is InChI=1S/C19H26N4O.HI/c1-18(2)13-23(19(18,3)4)17(20-5)21-12-15-11-16(24-22-15)14-9-7-6-8-10-14;/h6-11H,12-13H2,1-5H3,(H,20,21);1H. The Morgan fingerprint density at radius 1 is 1.24 bits per heavy atom. The normalized spacial score (nSPS) is 18.3. The Balaban J connectivity index is 0.00000225. The van der Waals surface area contributed by atoms with Crippen molar-refractivity contribution < 1.29 is 4.52 Å². The molecule has 1 aliphatic rings. The number of hydrogen-bond acceptors (Lipinski definition) is 3. The van der Waals surface area contributed by atoms with Crippen LogP contribution in [0, 0.1) is 5.41 Å². The van der Waals surface area contributed by atoms with Crippen LogP contribution in [0.5, 0.6) is 0 Å². The predicted molar refractivity (Wildman–Crippen MR) is 112 cm³/mol. The Kier molecular flexibility index (Phi) is 5.81. The lowest BCUT2D eigenvalue weighted by Gasteiger charge is -2.62. The maximum absolute atomic E-state index is 5.45. The van der Waals surface area contributed by atoms with Crippen LogP contribution in [0.3, 0.4) is 0 Å². The molecular formula is C19H27IN4O. The van der Waals surface area contributed by atoms with Crippen molar-refractivity contribution in [2.45, 2.75) is 39.8 Å². The van der Waals surface area contributed by atoms with Crippen LogP contribution >= 0.6 is 24.0 Å². The van der Waals surface area contributed by atoms with E-state index < -0.39 is 0 Å². The van der Waals surface area contributed by atoms with Gasteiger partial charge in [0.1, 0.15) is 5.69 Å². The summed E-state index contributed by atoms with van der Waals surface area (Å²) in [5, 5.41) is 7.56. The van der Waals surface area contributed by atoms with Gasteiger partial charge in [-0.1, -0.05) is 49.3 Å². The lowest BCUT2D eigenvalue weighted by Crippen LogP contribution is -2.72. The minimum absolute atomic E-state index is 0. The molecule has 1 aromatic carbocycles. The van der Waals surface area contributed by atoms with Crippen molar-refractivity contribution >= 4 is 29.9 Å². The topological polar surface area (TPSA) is 53.7 Å². The highest BCUT2D eigenvalue weighted by Crippen LogP contribution is 2.46. The zero-order valence-electron chi connectivity index (χ0n) is 15.5. The summed E-state index contributed by atoms with van der Waals surface area (Å²) < 4.78 is 5.45. The average Bonchev–Trinajstić information content (AvgIpc) is 3.04. The van der Waals surface area contributed by atoms with Gasteiger partial charge in [0.15, 0.2) is 11.7 Å². The largest absolute Gasteiger partial charge is 0.356 e. The van der Waals surface area contributed by atoms with E-state index in [2.05, 4.69) is 48.1 Å². The van der Waals surface area contributed by atoms with Crippen molar-refractivity contribution in [2.75, 3.05) is 13.6 Å². The predicted octanol–water partition coefficient (Wildman–Crippen LogP) is 4.16. The monoisotopic (exact) mass is 454 g/mol.